The summed E-state index contributed by atoms with van der Waals surface area (Å²) in [6.07, 6.45) is 0.823. The lowest BCUT2D eigenvalue weighted by atomic mass is 10.1. The van der Waals surface area contributed by atoms with Gasteiger partial charge in [-0.2, -0.15) is 0 Å². The first kappa shape index (κ1) is 10.8. The minimum Gasteiger partial charge on any atom is -0.412 e. The molecule has 0 atom stereocenters. The van der Waals surface area contributed by atoms with E-state index in [4.69, 9.17) is 5.26 Å². The van der Waals surface area contributed by atoms with Gasteiger partial charge >= 0.3 is 0 Å². The summed E-state index contributed by atoms with van der Waals surface area (Å²) in [5, 5.41) is 8.09. The van der Waals surface area contributed by atoms with Crippen molar-refractivity contribution in [1.82, 2.24) is 0 Å². The molecule has 8 heavy (non-hydrogen) atoms. The number of hydrogen-bond donors (Lipinski definition) is 1. The smallest absolute Gasteiger partial charge is 0.0974 e. The quantitative estimate of drug-likeness (QED) is 0.435. The summed E-state index contributed by atoms with van der Waals surface area (Å²) in [7, 11) is 0. The van der Waals surface area contributed by atoms with Gasteiger partial charge in [-0.15, -0.1) is 0 Å². The van der Waals surface area contributed by atoms with Crippen LogP contribution in [0, 0.1) is 0 Å². The Balaban J connectivity index is 0. The molecule has 0 aliphatic carbocycles. The summed E-state index contributed by atoms with van der Waals surface area (Å²) >= 11 is 0. The predicted octanol–water partition coefficient (Wildman–Crippen LogP) is 0.840. The molecule has 0 aliphatic heterocycles. The van der Waals surface area contributed by atoms with E-state index in [-0.39, 0.29) is 11.1 Å². The second kappa shape index (κ2) is 3.83. The summed E-state index contributed by atoms with van der Waals surface area (Å²) < 4.78 is 0. The molecule has 0 saturated carbocycles. The van der Waals surface area contributed by atoms with E-state index in [1.165, 1.54) is 0 Å². The molecule has 52 valence electrons. The van der Waals surface area contributed by atoms with Crippen LogP contribution in [-0.4, -0.2) is 16.3 Å². The van der Waals surface area contributed by atoms with Crippen molar-refractivity contribution in [2.45, 2.75) is 32.8 Å². The zero-order valence-electron chi connectivity index (χ0n) is 5.56. The van der Waals surface area contributed by atoms with Gasteiger partial charge in [-0.05, 0) is 20.3 Å². The highest BCUT2D eigenvalue weighted by Crippen LogP contribution is 2.10. The number of hydrogen-bond acceptors (Lipinski definition) is 2. The molecule has 0 amide bonds. The van der Waals surface area contributed by atoms with Gasteiger partial charge in [0.15, 0.2) is 0 Å². The van der Waals surface area contributed by atoms with Crippen LogP contribution in [0.15, 0.2) is 0 Å². The second-order valence-corrected chi connectivity index (χ2v) is 2.20. The lowest BCUT2D eigenvalue weighted by molar-refractivity contribution is -0.313. The average molecular weight is 122 g/mol. The monoisotopic (exact) mass is 122 g/mol. The Morgan fingerprint density at radius 2 is 1.88 bits per heavy atom. The largest absolute Gasteiger partial charge is 0.412 e. The Hall–Kier alpha value is -0.120. The van der Waals surface area contributed by atoms with Crippen molar-refractivity contribution < 1.29 is 15.6 Å². The predicted molar refractivity (Wildman–Crippen MR) is 31.7 cm³/mol. The van der Waals surface area contributed by atoms with Crippen LogP contribution in [0.4, 0.5) is 0 Å². The van der Waals surface area contributed by atoms with Gasteiger partial charge in [0, 0.05) is 0 Å². The fourth-order valence-corrected chi connectivity index (χ4v) is 0.0645. The lowest BCUT2D eigenvalue weighted by Crippen LogP contribution is -2.20. The molecule has 0 aromatic rings. The Bertz CT molecular complexity index is 45.6. The topological polar surface area (TPSA) is 61.0 Å². The van der Waals surface area contributed by atoms with E-state index >= 15 is 0 Å². The first-order valence-electron chi connectivity index (χ1n) is 2.45. The van der Waals surface area contributed by atoms with Gasteiger partial charge in [0.25, 0.3) is 0 Å². The minimum atomic E-state index is -0.361. The summed E-state index contributed by atoms with van der Waals surface area (Å²) in [5.41, 5.74) is -0.361. The van der Waals surface area contributed by atoms with Crippen molar-refractivity contribution in [3.63, 3.8) is 0 Å². The van der Waals surface area contributed by atoms with Gasteiger partial charge in [0.2, 0.25) is 0 Å². The second-order valence-electron chi connectivity index (χ2n) is 2.20. The molecule has 0 rings (SSSR count). The third kappa shape index (κ3) is 4.05. The maximum absolute atomic E-state index is 8.09. The Morgan fingerprint density at radius 1 is 1.50 bits per heavy atom. The molecule has 0 heterocycles. The maximum atomic E-state index is 8.09. The highest BCUT2D eigenvalue weighted by atomic mass is 17.1. The third-order valence-electron chi connectivity index (χ3n) is 1.10. The molecule has 3 nitrogen and oxygen atoms in total. The fraction of sp³-hybridized carbons (Fsp3) is 1.00. The summed E-state index contributed by atoms with van der Waals surface area (Å²) in [5.74, 6) is 0. The summed E-state index contributed by atoms with van der Waals surface area (Å²) in [6, 6.07) is 0. The van der Waals surface area contributed by atoms with Crippen molar-refractivity contribution >= 4 is 0 Å². The molecular formula is C5H14O3. The van der Waals surface area contributed by atoms with E-state index in [0.717, 1.165) is 6.42 Å². The Kier molecular flexibility index (Phi) is 5.17. The maximum Gasteiger partial charge on any atom is 0.0974 e. The average Bonchev–Trinajstić information content (AvgIpc) is 1.68. The van der Waals surface area contributed by atoms with Gasteiger partial charge in [-0.25, -0.2) is 4.89 Å². The van der Waals surface area contributed by atoms with Gasteiger partial charge in [0.05, 0.1) is 5.60 Å². The molecule has 0 spiro atoms. The van der Waals surface area contributed by atoms with E-state index in [1.54, 1.807) is 0 Å². The molecule has 0 aromatic heterocycles. The van der Waals surface area contributed by atoms with Crippen molar-refractivity contribution in [2.75, 3.05) is 0 Å². The first-order chi connectivity index (χ1) is 3.12. The molecule has 0 bridgehead atoms. The van der Waals surface area contributed by atoms with Gasteiger partial charge in [-0.1, -0.05) is 6.92 Å². The van der Waals surface area contributed by atoms with Crippen LogP contribution >= 0.6 is 0 Å². The summed E-state index contributed by atoms with van der Waals surface area (Å²) in [6.45, 7) is 5.61. The zero-order valence-corrected chi connectivity index (χ0v) is 5.56. The molecule has 0 aromatic carbocycles. The van der Waals surface area contributed by atoms with Crippen LogP contribution in [0.1, 0.15) is 27.2 Å². The highest BCUT2D eigenvalue weighted by Gasteiger charge is 2.13. The Labute approximate surface area is 49.5 Å². The number of rotatable bonds is 2. The van der Waals surface area contributed by atoms with Crippen molar-refractivity contribution in [3.8, 4) is 0 Å². The fourth-order valence-electron chi connectivity index (χ4n) is 0.0645. The van der Waals surface area contributed by atoms with Crippen LogP contribution in [0.3, 0.4) is 0 Å². The normalized spacial score (nSPS) is 10.5. The van der Waals surface area contributed by atoms with Gasteiger partial charge in [-0.3, -0.25) is 5.26 Å². The first-order valence-corrected chi connectivity index (χ1v) is 2.45. The molecule has 3 heteroatoms. The molecule has 0 fully saturated rings. The molecule has 3 N–H and O–H groups in total. The van der Waals surface area contributed by atoms with Crippen LogP contribution in [0.2, 0.25) is 0 Å². The van der Waals surface area contributed by atoms with Crippen LogP contribution in [0.5, 0.6) is 0 Å². The standard InChI is InChI=1S/C5H12O2.H2O/c1-4-5(2,3)7-6;/h6H,4H2,1-3H3;1H2. The van der Waals surface area contributed by atoms with Gasteiger partial charge < -0.3 is 5.48 Å². The summed E-state index contributed by atoms with van der Waals surface area (Å²) in [4.78, 5) is 4.09. The van der Waals surface area contributed by atoms with E-state index in [2.05, 4.69) is 4.89 Å². The highest BCUT2D eigenvalue weighted by molar-refractivity contribution is 4.61. The van der Waals surface area contributed by atoms with Crippen molar-refractivity contribution in [1.29, 1.82) is 0 Å². The molecule has 0 aliphatic rings. The van der Waals surface area contributed by atoms with Crippen molar-refractivity contribution in [2.24, 2.45) is 0 Å². The van der Waals surface area contributed by atoms with Crippen LogP contribution in [-0.2, 0) is 4.89 Å². The molecule has 0 radical (unpaired) electrons. The van der Waals surface area contributed by atoms with E-state index in [0.29, 0.717) is 0 Å². The van der Waals surface area contributed by atoms with Crippen LogP contribution < -0.4 is 0 Å². The molecule has 0 saturated heterocycles. The van der Waals surface area contributed by atoms with E-state index in [9.17, 15) is 0 Å². The Morgan fingerprint density at radius 3 is 1.88 bits per heavy atom. The molecule has 0 unspecified atom stereocenters. The van der Waals surface area contributed by atoms with Crippen LogP contribution in [0.25, 0.3) is 0 Å². The van der Waals surface area contributed by atoms with Crippen molar-refractivity contribution in [3.05, 3.63) is 0 Å². The molecular weight excluding hydrogens is 108 g/mol. The zero-order chi connectivity index (χ0) is 5.91. The SMILES string of the molecule is CCC(C)(C)OO.O. The van der Waals surface area contributed by atoms with E-state index in [1.807, 2.05) is 20.8 Å². The minimum absolute atomic E-state index is 0. The lowest BCUT2D eigenvalue weighted by Gasteiger charge is -2.16. The van der Waals surface area contributed by atoms with Gasteiger partial charge in [0.1, 0.15) is 0 Å². The third-order valence-corrected chi connectivity index (χ3v) is 1.10. The van der Waals surface area contributed by atoms with E-state index < -0.39 is 0 Å².